The molecule has 0 unspecified atom stereocenters. The van der Waals surface area contributed by atoms with Crippen molar-refractivity contribution < 1.29 is 9.59 Å². The van der Waals surface area contributed by atoms with Gasteiger partial charge < -0.3 is 10.2 Å². The molecule has 0 aromatic carbocycles. The summed E-state index contributed by atoms with van der Waals surface area (Å²) >= 11 is 0. The highest BCUT2D eigenvalue weighted by Crippen LogP contribution is 2.33. The lowest BCUT2D eigenvalue weighted by molar-refractivity contribution is -0.133. The molecule has 1 aromatic rings. The lowest BCUT2D eigenvalue weighted by atomic mass is 9.86. The second-order valence-corrected chi connectivity index (χ2v) is 7.30. The highest BCUT2D eigenvalue weighted by Gasteiger charge is 2.32. The van der Waals surface area contributed by atoms with Crippen LogP contribution < -0.4 is 5.32 Å². The predicted molar refractivity (Wildman–Crippen MR) is 94.4 cm³/mol. The first kappa shape index (κ1) is 17.8. The van der Waals surface area contributed by atoms with E-state index in [0.29, 0.717) is 18.9 Å². The van der Waals surface area contributed by atoms with Crippen molar-refractivity contribution in [2.75, 3.05) is 6.54 Å². The summed E-state index contributed by atoms with van der Waals surface area (Å²) in [6, 6.07) is 0.0286. The summed E-state index contributed by atoms with van der Waals surface area (Å²) in [5, 5.41) is 2.75. The molecule has 6 heteroatoms. The maximum Gasteiger partial charge on any atom is 0.223 e. The highest BCUT2D eigenvalue weighted by molar-refractivity contribution is 5.77. The van der Waals surface area contributed by atoms with Crippen molar-refractivity contribution in [2.24, 2.45) is 5.92 Å². The Morgan fingerprint density at radius 1 is 1.16 bits per heavy atom. The van der Waals surface area contributed by atoms with Crippen LogP contribution in [-0.4, -0.2) is 33.2 Å². The Kier molecular flexibility index (Phi) is 6.00. The number of hydrogen-bond acceptors (Lipinski definition) is 4. The summed E-state index contributed by atoms with van der Waals surface area (Å²) in [6.45, 7) is 2.67. The minimum atomic E-state index is -0.0858. The van der Waals surface area contributed by atoms with Gasteiger partial charge in [0.25, 0.3) is 0 Å². The molecule has 3 rings (SSSR count). The number of carbonyl (C=O) groups is 2. The molecular formula is C19H28N4O2. The molecule has 0 radical (unpaired) electrons. The van der Waals surface area contributed by atoms with Crippen molar-refractivity contribution in [1.29, 1.82) is 0 Å². The third-order valence-corrected chi connectivity index (χ3v) is 5.32. The van der Waals surface area contributed by atoms with Gasteiger partial charge >= 0.3 is 0 Å². The molecule has 136 valence electrons. The average molecular weight is 344 g/mol. The number of rotatable bonds is 5. The van der Waals surface area contributed by atoms with Gasteiger partial charge in [0.05, 0.1) is 36.4 Å². The van der Waals surface area contributed by atoms with Crippen molar-refractivity contribution in [1.82, 2.24) is 20.2 Å². The minimum Gasteiger partial charge on any atom is -0.351 e. The highest BCUT2D eigenvalue weighted by atomic mass is 16.2. The van der Waals surface area contributed by atoms with E-state index in [4.69, 9.17) is 0 Å². The van der Waals surface area contributed by atoms with Crippen molar-refractivity contribution in [3.05, 3.63) is 23.8 Å². The Morgan fingerprint density at radius 3 is 2.72 bits per heavy atom. The number of aromatic nitrogens is 2. The van der Waals surface area contributed by atoms with E-state index in [2.05, 4.69) is 15.3 Å². The molecule has 0 bridgehead atoms. The van der Waals surface area contributed by atoms with E-state index < -0.39 is 0 Å². The molecule has 2 fully saturated rings. The molecule has 0 spiro atoms. The Balaban J connectivity index is 1.65. The summed E-state index contributed by atoms with van der Waals surface area (Å²) in [6.07, 6.45) is 12.3. The summed E-state index contributed by atoms with van der Waals surface area (Å²) in [5.74, 6) is 0.737. The first-order chi connectivity index (χ1) is 12.1. The molecule has 1 atom stereocenters. The lowest BCUT2D eigenvalue weighted by Gasteiger charge is -2.28. The van der Waals surface area contributed by atoms with Gasteiger partial charge in [0, 0.05) is 19.9 Å². The van der Waals surface area contributed by atoms with Gasteiger partial charge in [-0.1, -0.05) is 19.3 Å². The van der Waals surface area contributed by atoms with Crippen LogP contribution in [0, 0.1) is 5.92 Å². The standard InChI is InChI=1S/C19H28N4O2/c1-14(24)21-12-16-11-20-13-17(22-16)18-8-5-9-23(18)19(25)10-15-6-3-2-4-7-15/h11,13,15,18H,2-10,12H2,1H3,(H,21,24)/t18-/m0/s1. The average Bonchev–Trinajstić information content (AvgIpc) is 3.11. The number of hydrogen-bond donors (Lipinski definition) is 1. The first-order valence-electron chi connectivity index (χ1n) is 9.48. The zero-order chi connectivity index (χ0) is 17.6. The van der Waals surface area contributed by atoms with Crippen LogP contribution in [-0.2, 0) is 16.1 Å². The summed E-state index contributed by atoms with van der Waals surface area (Å²) in [7, 11) is 0. The Morgan fingerprint density at radius 2 is 1.96 bits per heavy atom. The molecule has 1 aliphatic heterocycles. The lowest BCUT2D eigenvalue weighted by Crippen LogP contribution is -2.33. The maximum absolute atomic E-state index is 12.8. The van der Waals surface area contributed by atoms with Gasteiger partial charge in [-0.05, 0) is 31.6 Å². The fourth-order valence-corrected chi connectivity index (χ4v) is 4.01. The van der Waals surface area contributed by atoms with E-state index in [1.54, 1.807) is 12.4 Å². The predicted octanol–water partition coefficient (Wildman–Crippen LogP) is 2.75. The van der Waals surface area contributed by atoms with Gasteiger partial charge in [0.15, 0.2) is 0 Å². The van der Waals surface area contributed by atoms with Crippen molar-refractivity contribution in [2.45, 2.75) is 70.9 Å². The smallest absolute Gasteiger partial charge is 0.223 e. The normalized spacial score (nSPS) is 21.3. The van der Waals surface area contributed by atoms with Gasteiger partial charge in [-0.15, -0.1) is 0 Å². The van der Waals surface area contributed by atoms with E-state index in [0.717, 1.165) is 30.8 Å². The van der Waals surface area contributed by atoms with Crippen molar-refractivity contribution >= 4 is 11.8 Å². The molecule has 1 aliphatic carbocycles. The fraction of sp³-hybridized carbons (Fsp3) is 0.684. The van der Waals surface area contributed by atoms with Crippen LogP contribution in [0.3, 0.4) is 0 Å². The van der Waals surface area contributed by atoms with E-state index >= 15 is 0 Å². The zero-order valence-corrected chi connectivity index (χ0v) is 15.0. The Labute approximate surface area is 149 Å². The van der Waals surface area contributed by atoms with Gasteiger partial charge in [-0.25, -0.2) is 0 Å². The fourth-order valence-electron chi connectivity index (χ4n) is 4.01. The molecule has 2 heterocycles. The van der Waals surface area contributed by atoms with Crippen LogP contribution in [0.25, 0.3) is 0 Å². The molecule has 1 saturated heterocycles. The largest absolute Gasteiger partial charge is 0.351 e. The third kappa shape index (κ3) is 4.77. The van der Waals surface area contributed by atoms with Crippen LogP contribution in [0.4, 0.5) is 0 Å². The van der Waals surface area contributed by atoms with Crippen LogP contribution in [0.5, 0.6) is 0 Å². The number of likely N-dealkylation sites (tertiary alicyclic amines) is 1. The maximum atomic E-state index is 12.8. The SMILES string of the molecule is CC(=O)NCc1cncc([C@@H]2CCCN2C(=O)CC2CCCCC2)n1. The van der Waals surface area contributed by atoms with Crippen LogP contribution in [0.15, 0.2) is 12.4 Å². The molecular weight excluding hydrogens is 316 g/mol. The second kappa shape index (κ2) is 8.41. The molecule has 1 saturated carbocycles. The second-order valence-electron chi connectivity index (χ2n) is 7.30. The molecule has 1 N–H and O–H groups in total. The van der Waals surface area contributed by atoms with Crippen LogP contribution >= 0.6 is 0 Å². The molecule has 6 nitrogen and oxygen atoms in total. The van der Waals surface area contributed by atoms with Gasteiger partial charge in [0.2, 0.25) is 11.8 Å². The minimum absolute atomic E-state index is 0.0286. The van der Waals surface area contributed by atoms with Crippen LogP contribution in [0.2, 0.25) is 0 Å². The third-order valence-electron chi connectivity index (χ3n) is 5.32. The number of amides is 2. The number of nitrogens with one attached hydrogen (secondary N) is 1. The first-order valence-corrected chi connectivity index (χ1v) is 9.48. The van der Waals surface area contributed by atoms with E-state index in [1.807, 2.05) is 4.90 Å². The van der Waals surface area contributed by atoms with Gasteiger partial charge in [-0.3, -0.25) is 19.6 Å². The Hall–Kier alpha value is -1.98. The Bertz CT molecular complexity index is 613. The summed E-state index contributed by atoms with van der Waals surface area (Å²) in [5.41, 5.74) is 1.58. The van der Waals surface area contributed by atoms with E-state index in [1.165, 1.54) is 39.0 Å². The van der Waals surface area contributed by atoms with Gasteiger partial charge in [0.1, 0.15) is 0 Å². The van der Waals surface area contributed by atoms with E-state index in [9.17, 15) is 9.59 Å². The quantitative estimate of drug-likeness (QED) is 0.891. The summed E-state index contributed by atoms with van der Waals surface area (Å²) < 4.78 is 0. The number of nitrogens with zero attached hydrogens (tertiary/aromatic N) is 3. The van der Waals surface area contributed by atoms with Crippen LogP contribution in [0.1, 0.15) is 75.7 Å². The molecule has 1 aromatic heterocycles. The summed E-state index contributed by atoms with van der Waals surface area (Å²) in [4.78, 5) is 34.8. The molecule has 25 heavy (non-hydrogen) atoms. The monoisotopic (exact) mass is 344 g/mol. The molecule has 2 aliphatic rings. The number of carbonyl (C=O) groups excluding carboxylic acids is 2. The zero-order valence-electron chi connectivity index (χ0n) is 15.0. The van der Waals surface area contributed by atoms with E-state index in [-0.39, 0.29) is 17.9 Å². The topological polar surface area (TPSA) is 75.2 Å². The molecule has 2 amide bonds. The van der Waals surface area contributed by atoms with Crippen molar-refractivity contribution in [3.63, 3.8) is 0 Å². The van der Waals surface area contributed by atoms with Gasteiger partial charge in [-0.2, -0.15) is 0 Å². The van der Waals surface area contributed by atoms with Crippen molar-refractivity contribution in [3.8, 4) is 0 Å².